The Bertz CT molecular complexity index is 311. The molecule has 0 atom stereocenters. The molecule has 0 fully saturated rings. The standard InChI is InChI=1S/C9H9F3IN/c1-2-14(9(10,11)12)8-6-4-3-5-7(8)13/h3-6H,2H2,1H3. The number of para-hydroxylation sites is 1. The lowest BCUT2D eigenvalue weighted by atomic mass is 10.3. The van der Waals surface area contributed by atoms with Crippen LogP contribution >= 0.6 is 22.6 Å². The quantitative estimate of drug-likeness (QED) is 0.595. The molecule has 0 aliphatic carbocycles. The Labute approximate surface area is 94.0 Å². The van der Waals surface area contributed by atoms with Gasteiger partial charge in [0.05, 0.1) is 5.69 Å². The Morgan fingerprint density at radius 3 is 2.29 bits per heavy atom. The van der Waals surface area contributed by atoms with Crippen LogP contribution in [0.3, 0.4) is 0 Å². The Morgan fingerprint density at radius 1 is 1.29 bits per heavy atom. The molecule has 0 aliphatic rings. The summed E-state index contributed by atoms with van der Waals surface area (Å²) in [6.45, 7) is 1.40. The molecule has 0 heterocycles. The number of halogens is 4. The second-order valence-electron chi connectivity index (χ2n) is 2.66. The molecule has 1 rings (SSSR count). The Kier molecular flexibility index (Phi) is 3.63. The third kappa shape index (κ3) is 2.52. The fourth-order valence-electron chi connectivity index (χ4n) is 1.16. The van der Waals surface area contributed by atoms with E-state index in [-0.39, 0.29) is 12.2 Å². The second kappa shape index (κ2) is 4.37. The van der Waals surface area contributed by atoms with Gasteiger partial charge in [0.1, 0.15) is 0 Å². The molecule has 1 aromatic carbocycles. The number of hydrogen-bond acceptors (Lipinski definition) is 1. The summed E-state index contributed by atoms with van der Waals surface area (Å²) in [5, 5.41) is 0. The van der Waals surface area contributed by atoms with Crippen molar-refractivity contribution >= 4 is 28.3 Å². The fraction of sp³-hybridized carbons (Fsp3) is 0.333. The molecule has 0 aromatic heterocycles. The minimum atomic E-state index is -4.31. The molecule has 1 aromatic rings. The topological polar surface area (TPSA) is 3.24 Å². The maximum atomic E-state index is 12.5. The van der Waals surface area contributed by atoms with Gasteiger partial charge < -0.3 is 0 Å². The number of alkyl halides is 3. The Morgan fingerprint density at radius 2 is 1.86 bits per heavy atom. The van der Waals surface area contributed by atoms with Crippen LogP contribution in [0.25, 0.3) is 0 Å². The zero-order valence-electron chi connectivity index (χ0n) is 7.48. The van der Waals surface area contributed by atoms with Crippen molar-refractivity contribution < 1.29 is 13.2 Å². The summed E-state index contributed by atoms with van der Waals surface area (Å²) in [6.07, 6.45) is -4.31. The van der Waals surface area contributed by atoms with Crippen LogP contribution in [-0.2, 0) is 0 Å². The summed E-state index contributed by atoms with van der Waals surface area (Å²) in [5.41, 5.74) is 0.211. The number of nitrogens with zero attached hydrogens (tertiary/aromatic N) is 1. The zero-order chi connectivity index (χ0) is 10.8. The Hall–Kier alpha value is -0.460. The van der Waals surface area contributed by atoms with E-state index in [0.717, 1.165) is 0 Å². The average Bonchev–Trinajstić information content (AvgIpc) is 2.07. The van der Waals surface area contributed by atoms with Gasteiger partial charge in [0.2, 0.25) is 0 Å². The van der Waals surface area contributed by atoms with E-state index in [0.29, 0.717) is 8.47 Å². The number of anilines is 1. The first-order valence-corrected chi connectivity index (χ1v) is 5.13. The Balaban J connectivity index is 3.08. The van der Waals surface area contributed by atoms with Crippen molar-refractivity contribution in [2.24, 2.45) is 0 Å². The van der Waals surface area contributed by atoms with E-state index in [1.54, 1.807) is 18.2 Å². The van der Waals surface area contributed by atoms with Crippen molar-refractivity contribution in [1.82, 2.24) is 0 Å². The minimum Gasteiger partial charge on any atom is -0.283 e. The highest BCUT2D eigenvalue weighted by atomic mass is 127. The summed E-state index contributed by atoms with van der Waals surface area (Å²) in [4.78, 5) is 0.425. The molecule has 14 heavy (non-hydrogen) atoms. The summed E-state index contributed by atoms with van der Waals surface area (Å²) >= 11 is 1.90. The van der Waals surface area contributed by atoms with E-state index in [4.69, 9.17) is 0 Å². The lowest BCUT2D eigenvalue weighted by molar-refractivity contribution is -0.128. The number of hydrogen-bond donors (Lipinski definition) is 0. The van der Waals surface area contributed by atoms with Gasteiger partial charge in [0.25, 0.3) is 0 Å². The molecule has 78 valence electrons. The zero-order valence-corrected chi connectivity index (χ0v) is 9.63. The monoisotopic (exact) mass is 315 g/mol. The highest BCUT2D eigenvalue weighted by Gasteiger charge is 2.36. The molecular weight excluding hydrogens is 306 g/mol. The lowest BCUT2D eigenvalue weighted by Crippen LogP contribution is -2.38. The van der Waals surface area contributed by atoms with Crippen LogP contribution in [0, 0.1) is 3.57 Å². The van der Waals surface area contributed by atoms with E-state index in [2.05, 4.69) is 0 Å². The largest absolute Gasteiger partial charge is 0.484 e. The molecule has 0 spiro atoms. The minimum absolute atomic E-state index is 0.0798. The third-order valence-electron chi connectivity index (χ3n) is 1.77. The third-order valence-corrected chi connectivity index (χ3v) is 2.68. The van der Waals surface area contributed by atoms with Crippen LogP contribution in [0.15, 0.2) is 24.3 Å². The van der Waals surface area contributed by atoms with E-state index in [1.165, 1.54) is 13.0 Å². The van der Waals surface area contributed by atoms with Gasteiger partial charge in [0.15, 0.2) is 0 Å². The van der Waals surface area contributed by atoms with E-state index in [9.17, 15) is 13.2 Å². The van der Waals surface area contributed by atoms with Gasteiger partial charge in [-0.15, -0.1) is 0 Å². The lowest BCUT2D eigenvalue weighted by Gasteiger charge is -2.26. The van der Waals surface area contributed by atoms with Gasteiger partial charge in [-0.2, -0.15) is 13.2 Å². The molecule has 5 heteroatoms. The van der Waals surface area contributed by atoms with E-state index in [1.807, 2.05) is 22.6 Å². The van der Waals surface area contributed by atoms with Crippen LogP contribution in [0.2, 0.25) is 0 Å². The number of benzene rings is 1. The molecule has 0 N–H and O–H groups in total. The molecule has 0 saturated carbocycles. The molecule has 0 saturated heterocycles. The first-order chi connectivity index (χ1) is 6.46. The smallest absolute Gasteiger partial charge is 0.283 e. The predicted molar refractivity (Wildman–Crippen MR) is 58.2 cm³/mol. The average molecular weight is 315 g/mol. The van der Waals surface area contributed by atoms with Crippen molar-refractivity contribution in [3.63, 3.8) is 0 Å². The maximum absolute atomic E-state index is 12.5. The second-order valence-corrected chi connectivity index (χ2v) is 3.83. The highest BCUT2D eigenvalue weighted by Crippen LogP contribution is 2.31. The molecule has 1 nitrogen and oxygen atoms in total. The summed E-state index contributed by atoms with van der Waals surface area (Å²) in [5.74, 6) is 0. The normalized spacial score (nSPS) is 11.5. The maximum Gasteiger partial charge on any atom is 0.484 e. The number of rotatable bonds is 2. The summed E-state index contributed by atoms with van der Waals surface area (Å²) in [7, 11) is 0. The molecule has 0 amide bonds. The molecule has 0 unspecified atom stereocenters. The first-order valence-electron chi connectivity index (χ1n) is 4.05. The van der Waals surface area contributed by atoms with Crippen LogP contribution in [-0.4, -0.2) is 12.8 Å². The van der Waals surface area contributed by atoms with Crippen molar-refractivity contribution in [3.05, 3.63) is 27.8 Å². The van der Waals surface area contributed by atoms with Crippen LogP contribution in [0.4, 0.5) is 18.9 Å². The van der Waals surface area contributed by atoms with Gasteiger partial charge >= 0.3 is 6.30 Å². The van der Waals surface area contributed by atoms with E-state index >= 15 is 0 Å². The summed E-state index contributed by atoms with van der Waals surface area (Å²) < 4.78 is 38.1. The van der Waals surface area contributed by atoms with Crippen LogP contribution < -0.4 is 4.90 Å². The van der Waals surface area contributed by atoms with E-state index < -0.39 is 6.30 Å². The van der Waals surface area contributed by atoms with Crippen molar-refractivity contribution in [3.8, 4) is 0 Å². The van der Waals surface area contributed by atoms with Gasteiger partial charge in [0, 0.05) is 10.1 Å². The highest BCUT2D eigenvalue weighted by molar-refractivity contribution is 14.1. The molecule has 0 aliphatic heterocycles. The van der Waals surface area contributed by atoms with Crippen molar-refractivity contribution in [2.75, 3.05) is 11.4 Å². The molecular formula is C9H9F3IN. The molecule has 0 radical (unpaired) electrons. The van der Waals surface area contributed by atoms with Crippen molar-refractivity contribution in [1.29, 1.82) is 0 Å². The van der Waals surface area contributed by atoms with Gasteiger partial charge in [-0.25, -0.2) is 0 Å². The van der Waals surface area contributed by atoms with Gasteiger partial charge in [-0.3, -0.25) is 4.90 Å². The molecule has 0 bridgehead atoms. The van der Waals surface area contributed by atoms with Gasteiger partial charge in [-0.05, 0) is 41.6 Å². The van der Waals surface area contributed by atoms with Crippen LogP contribution in [0.5, 0.6) is 0 Å². The van der Waals surface area contributed by atoms with Crippen molar-refractivity contribution in [2.45, 2.75) is 13.2 Å². The first kappa shape index (κ1) is 11.6. The van der Waals surface area contributed by atoms with Gasteiger partial charge in [-0.1, -0.05) is 12.1 Å². The van der Waals surface area contributed by atoms with Crippen LogP contribution in [0.1, 0.15) is 6.92 Å². The fourth-order valence-corrected chi connectivity index (χ4v) is 1.84. The SMILES string of the molecule is CCN(c1ccccc1I)C(F)(F)F. The summed E-state index contributed by atoms with van der Waals surface area (Å²) in [6, 6.07) is 6.45. The predicted octanol–water partition coefficient (Wildman–Crippen LogP) is 3.64.